The number of oxime groups is 1. The van der Waals surface area contributed by atoms with Crippen LogP contribution in [0.3, 0.4) is 0 Å². The van der Waals surface area contributed by atoms with E-state index in [0.29, 0.717) is 24.5 Å². The Morgan fingerprint density at radius 2 is 1.81 bits per heavy atom. The molecule has 0 bridgehead atoms. The Labute approximate surface area is 154 Å². The topological polar surface area (TPSA) is 68.1 Å². The van der Waals surface area contributed by atoms with Crippen LogP contribution in [0, 0.1) is 0 Å². The molecular formula is C21H25NO4. The van der Waals surface area contributed by atoms with Crippen LogP contribution in [0.15, 0.2) is 53.7 Å². The molecule has 2 aromatic rings. The summed E-state index contributed by atoms with van der Waals surface area (Å²) >= 11 is 0. The van der Waals surface area contributed by atoms with E-state index in [9.17, 15) is 4.79 Å². The fourth-order valence-electron chi connectivity index (χ4n) is 2.49. The summed E-state index contributed by atoms with van der Waals surface area (Å²) < 4.78 is 5.59. The van der Waals surface area contributed by atoms with Crippen LogP contribution >= 0.6 is 0 Å². The van der Waals surface area contributed by atoms with Gasteiger partial charge in [-0.2, -0.15) is 0 Å². The minimum absolute atomic E-state index is 0.0192. The third-order valence-corrected chi connectivity index (χ3v) is 3.90. The number of aryl methyl sites for hydroxylation is 1. The minimum atomic E-state index is -0.862. The molecule has 0 aliphatic carbocycles. The molecule has 0 atom stereocenters. The molecule has 0 aliphatic rings. The van der Waals surface area contributed by atoms with E-state index in [2.05, 4.69) is 36.3 Å². The van der Waals surface area contributed by atoms with Crippen molar-refractivity contribution in [1.82, 2.24) is 0 Å². The molecule has 2 rings (SSSR count). The lowest BCUT2D eigenvalue weighted by Gasteiger charge is -2.08. The third kappa shape index (κ3) is 6.24. The summed E-state index contributed by atoms with van der Waals surface area (Å²) in [7, 11) is 0. The van der Waals surface area contributed by atoms with E-state index >= 15 is 0 Å². The van der Waals surface area contributed by atoms with Gasteiger partial charge < -0.3 is 14.7 Å². The van der Waals surface area contributed by atoms with E-state index in [0.717, 1.165) is 24.1 Å². The normalized spacial score (nSPS) is 11.2. The van der Waals surface area contributed by atoms with Crippen LogP contribution < -0.4 is 4.74 Å². The van der Waals surface area contributed by atoms with Gasteiger partial charge in [0.15, 0.2) is 6.61 Å². The van der Waals surface area contributed by atoms with Crippen molar-refractivity contribution in [3.8, 4) is 5.75 Å². The van der Waals surface area contributed by atoms with Crippen LogP contribution in [0.5, 0.6) is 5.75 Å². The molecule has 0 spiro atoms. The van der Waals surface area contributed by atoms with Crippen molar-refractivity contribution in [3.63, 3.8) is 0 Å². The Bertz CT molecular complexity index is 738. The molecule has 5 nitrogen and oxygen atoms in total. The number of hydrogen-bond acceptors (Lipinski definition) is 4. The maximum absolute atomic E-state index is 10.7. The van der Waals surface area contributed by atoms with Crippen LogP contribution in [0.25, 0.3) is 0 Å². The lowest BCUT2D eigenvalue weighted by atomic mass is 10.1. The molecule has 138 valence electrons. The number of aliphatic carboxylic acids is 1. The van der Waals surface area contributed by atoms with Gasteiger partial charge in [0.25, 0.3) is 0 Å². The third-order valence-electron chi connectivity index (χ3n) is 3.90. The molecule has 0 saturated carbocycles. The average Bonchev–Trinajstić information content (AvgIpc) is 2.65. The van der Waals surface area contributed by atoms with E-state index in [1.54, 1.807) is 24.3 Å². The van der Waals surface area contributed by atoms with Gasteiger partial charge in [-0.25, -0.2) is 0 Å². The highest BCUT2D eigenvalue weighted by Gasteiger charge is 2.04. The van der Waals surface area contributed by atoms with Gasteiger partial charge >= 0.3 is 5.97 Å². The molecule has 0 radical (unpaired) electrons. The van der Waals surface area contributed by atoms with Crippen LogP contribution in [0.4, 0.5) is 0 Å². The first-order valence-electron chi connectivity index (χ1n) is 8.84. The second-order valence-corrected chi connectivity index (χ2v) is 5.84. The fourth-order valence-corrected chi connectivity index (χ4v) is 2.49. The summed E-state index contributed by atoms with van der Waals surface area (Å²) in [4.78, 5) is 16.1. The van der Waals surface area contributed by atoms with Gasteiger partial charge in [0.1, 0.15) is 12.4 Å². The van der Waals surface area contributed by atoms with Crippen molar-refractivity contribution in [2.24, 2.45) is 5.16 Å². The van der Waals surface area contributed by atoms with Gasteiger partial charge in [0, 0.05) is 0 Å². The van der Waals surface area contributed by atoms with Crippen molar-refractivity contribution < 1.29 is 19.5 Å². The number of benzene rings is 2. The SMILES string of the molecule is CCC(=NOCCOc1cccc(CC(=O)O)c1)c1ccc(CC)cc1. The van der Waals surface area contributed by atoms with Crippen LogP contribution in [-0.4, -0.2) is 30.0 Å². The molecule has 0 heterocycles. The molecular weight excluding hydrogens is 330 g/mol. The first kappa shape index (κ1) is 19.5. The zero-order valence-corrected chi connectivity index (χ0v) is 15.3. The summed E-state index contributed by atoms with van der Waals surface area (Å²) in [5.74, 6) is -0.235. The second kappa shape index (κ2) is 10.2. The number of hydrogen-bond donors (Lipinski definition) is 1. The number of nitrogens with zero attached hydrogens (tertiary/aromatic N) is 1. The van der Waals surface area contributed by atoms with Gasteiger partial charge in [0.05, 0.1) is 12.1 Å². The summed E-state index contributed by atoms with van der Waals surface area (Å²) in [6.07, 6.45) is 1.78. The molecule has 2 aromatic carbocycles. The molecule has 1 N–H and O–H groups in total. The van der Waals surface area contributed by atoms with Crippen molar-refractivity contribution in [3.05, 3.63) is 65.2 Å². The summed E-state index contributed by atoms with van der Waals surface area (Å²) in [6, 6.07) is 15.4. The van der Waals surface area contributed by atoms with Crippen LogP contribution in [-0.2, 0) is 22.5 Å². The quantitative estimate of drug-likeness (QED) is 0.396. The Morgan fingerprint density at radius 3 is 2.46 bits per heavy atom. The van der Waals surface area contributed by atoms with E-state index in [1.165, 1.54) is 5.56 Å². The van der Waals surface area contributed by atoms with Gasteiger partial charge in [0.2, 0.25) is 0 Å². The highest BCUT2D eigenvalue weighted by atomic mass is 16.6. The standard InChI is InChI=1S/C21H25NO4/c1-3-16-8-10-18(11-9-16)20(4-2)22-26-13-12-25-19-7-5-6-17(14-19)15-21(23)24/h5-11,14H,3-4,12-13,15H2,1-2H3,(H,23,24). The first-order valence-corrected chi connectivity index (χ1v) is 8.84. The Hall–Kier alpha value is -2.82. The van der Waals surface area contributed by atoms with E-state index < -0.39 is 5.97 Å². The van der Waals surface area contributed by atoms with Gasteiger partial charge in [-0.1, -0.05) is 55.4 Å². The zero-order valence-electron chi connectivity index (χ0n) is 15.3. The summed E-state index contributed by atoms with van der Waals surface area (Å²) in [6.45, 7) is 4.83. The van der Waals surface area contributed by atoms with Crippen molar-refractivity contribution in [1.29, 1.82) is 0 Å². The average molecular weight is 355 g/mol. The first-order chi connectivity index (χ1) is 12.6. The number of carboxylic acid groups (broad SMARTS) is 1. The smallest absolute Gasteiger partial charge is 0.307 e. The lowest BCUT2D eigenvalue weighted by Crippen LogP contribution is -2.07. The number of carboxylic acids is 1. The molecule has 0 fully saturated rings. The van der Waals surface area contributed by atoms with Crippen LogP contribution in [0.1, 0.15) is 37.0 Å². The predicted octanol–water partition coefficient (Wildman–Crippen LogP) is 4.09. The predicted molar refractivity (Wildman–Crippen MR) is 102 cm³/mol. The highest BCUT2D eigenvalue weighted by molar-refractivity contribution is 6.00. The monoisotopic (exact) mass is 355 g/mol. The molecule has 26 heavy (non-hydrogen) atoms. The molecule has 0 saturated heterocycles. The fraction of sp³-hybridized carbons (Fsp3) is 0.333. The van der Waals surface area contributed by atoms with Crippen molar-refractivity contribution in [2.75, 3.05) is 13.2 Å². The van der Waals surface area contributed by atoms with E-state index in [4.69, 9.17) is 14.7 Å². The maximum Gasteiger partial charge on any atom is 0.307 e. The van der Waals surface area contributed by atoms with Crippen LogP contribution in [0.2, 0.25) is 0 Å². The lowest BCUT2D eigenvalue weighted by molar-refractivity contribution is -0.136. The largest absolute Gasteiger partial charge is 0.490 e. The molecule has 0 aliphatic heterocycles. The number of ether oxygens (including phenoxy) is 1. The molecule has 0 amide bonds. The number of rotatable bonds is 10. The minimum Gasteiger partial charge on any atom is -0.490 e. The summed E-state index contributed by atoms with van der Waals surface area (Å²) in [5, 5.41) is 13.0. The maximum atomic E-state index is 10.7. The Balaban J connectivity index is 1.82. The van der Waals surface area contributed by atoms with Gasteiger partial charge in [-0.15, -0.1) is 0 Å². The van der Waals surface area contributed by atoms with E-state index in [-0.39, 0.29) is 6.42 Å². The van der Waals surface area contributed by atoms with Crippen molar-refractivity contribution >= 4 is 11.7 Å². The van der Waals surface area contributed by atoms with Gasteiger partial charge in [-0.05, 0) is 41.7 Å². The van der Waals surface area contributed by atoms with Gasteiger partial charge in [-0.3, -0.25) is 4.79 Å². The Kier molecular flexibility index (Phi) is 7.68. The molecule has 0 unspecified atom stereocenters. The molecule has 5 heteroatoms. The van der Waals surface area contributed by atoms with E-state index in [1.807, 2.05) is 6.92 Å². The van der Waals surface area contributed by atoms with Crippen molar-refractivity contribution in [2.45, 2.75) is 33.1 Å². The summed E-state index contributed by atoms with van der Waals surface area (Å²) in [5.41, 5.74) is 3.96. The second-order valence-electron chi connectivity index (χ2n) is 5.84. The highest BCUT2D eigenvalue weighted by Crippen LogP contribution is 2.14. The number of carbonyl (C=O) groups is 1. The Morgan fingerprint density at radius 1 is 1.04 bits per heavy atom. The molecule has 0 aromatic heterocycles. The zero-order chi connectivity index (χ0) is 18.8.